The van der Waals surface area contributed by atoms with E-state index in [9.17, 15) is 14.0 Å². The second-order valence-electron chi connectivity index (χ2n) is 3.82. The molecule has 2 aromatic carbocycles. The van der Waals surface area contributed by atoms with Crippen molar-refractivity contribution in [3.63, 3.8) is 0 Å². The average molecular weight is 278 g/mol. The zero-order valence-corrected chi connectivity index (χ0v) is 10.4. The van der Waals surface area contributed by atoms with Gasteiger partial charge in [0, 0.05) is 16.8 Å². The number of anilines is 1. The summed E-state index contributed by atoms with van der Waals surface area (Å²) in [6.45, 7) is 0. The van der Waals surface area contributed by atoms with Crippen molar-refractivity contribution in [3.05, 3.63) is 64.4 Å². The predicted octanol–water partition coefficient (Wildman–Crippen LogP) is 3.54. The monoisotopic (exact) mass is 277 g/mol. The normalized spacial score (nSPS) is 10.0. The van der Waals surface area contributed by atoms with Gasteiger partial charge >= 0.3 is 0 Å². The van der Waals surface area contributed by atoms with Crippen LogP contribution in [0.5, 0.6) is 0 Å². The van der Waals surface area contributed by atoms with Crippen LogP contribution in [0.4, 0.5) is 10.1 Å². The van der Waals surface area contributed by atoms with E-state index in [2.05, 4.69) is 5.32 Å². The van der Waals surface area contributed by atoms with Crippen molar-refractivity contribution in [2.45, 2.75) is 0 Å². The summed E-state index contributed by atoms with van der Waals surface area (Å²) < 4.78 is 13.2. The zero-order chi connectivity index (χ0) is 13.8. The van der Waals surface area contributed by atoms with E-state index in [0.717, 1.165) is 6.07 Å². The van der Waals surface area contributed by atoms with Gasteiger partial charge in [-0.15, -0.1) is 0 Å². The Hall–Kier alpha value is -2.20. The second-order valence-corrected chi connectivity index (χ2v) is 4.23. The van der Waals surface area contributed by atoms with E-state index in [1.807, 2.05) is 0 Å². The number of amides is 1. The van der Waals surface area contributed by atoms with Crippen molar-refractivity contribution in [2.24, 2.45) is 0 Å². The lowest BCUT2D eigenvalue weighted by Crippen LogP contribution is -2.12. The summed E-state index contributed by atoms with van der Waals surface area (Å²) in [5.41, 5.74) is 1.20. The van der Waals surface area contributed by atoms with Crippen LogP contribution in [0.2, 0.25) is 5.02 Å². The number of halogens is 2. The third kappa shape index (κ3) is 3.17. The molecule has 5 heteroatoms. The van der Waals surface area contributed by atoms with Crippen molar-refractivity contribution >= 4 is 29.5 Å². The standard InChI is InChI=1S/C14H9ClFNO2/c15-12-6-3-10(7-13(12)16)14(19)17-11-4-1-9(8-18)2-5-11/h1-8H,(H,17,19). The quantitative estimate of drug-likeness (QED) is 0.872. The molecule has 2 aromatic rings. The minimum Gasteiger partial charge on any atom is -0.322 e. The van der Waals surface area contributed by atoms with Gasteiger partial charge in [0.05, 0.1) is 5.02 Å². The summed E-state index contributed by atoms with van der Waals surface area (Å²) in [5.74, 6) is -1.10. The number of rotatable bonds is 3. The molecule has 1 amide bonds. The zero-order valence-electron chi connectivity index (χ0n) is 9.69. The Morgan fingerprint density at radius 3 is 2.42 bits per heavy atom. The summed E-state index contributed by atoms with van der Waals surface area (Å²) in [5, 5.41) is 2.56. The molecule has 96 valence electrons. The molecule has 0 aliphatic heterocycles. The number of benzene rings is 2. The van der Waals surface area contributed by atoms with Gasteiger partial charge in [0.15, 0.2) is 0 Å². The van der Waals surface area contributed by atoms with Crippen molar-refractivity contribution in [1.29, 1.82) is 0 Å². The molecule has 0 saturated heterocycles. The third-order valence-corrected chi connectivity index (χ3v) is 2.79. The Labute approximate surface area is 114 Å². The molecule has 0 aliphatic rings. The Morgan fingerprint density at radius 2 is 1.84 bits per heavy atom. The maximum atomic E-state index is 13.2. The Bertz CT molecular complexity index is 626. The molecule has 0 aromatic heterocycles. The fourth-order valence-corrected chi connectivity index (χ4v) is 1.60. The van der Waals surface area contributed by atoms with Crippen LogP contribution in [0.25, 0.3) is 0 Å². The van der Waals surface area contributed by atoms with E-state index in [-0.39, 0.29) is 10.6 Å². The van der Waals surface area contributed by atoms with Crippen LogP contribution < -0.4 is 5.32 Å². The highest BCUT2D eigenvalue weighted by atomic mass is 35.5. The molecule has 0 bridgehead atoms. The van der Waals surface area contributed by atoms with Gasteiger partial charge in [0.2, 0.25) is 0 Å². The van der Waals surface area contributed by atoms with Crippen molar-refractivity contribution in [3.8, 4) is 0 Å². The SMILES string of the molecule is O=Cc1ccc(NC(=O)c2ccc(Cl)c(F)c2)cc1. The molecule has 0 unspecified atom stereocenters. The minimum atomic E-state index is -0.648. The number of hydrogen-bond acceptors (Lipinski definition) is 2. The molecular weight excluding hydrogens is 269 g/mol. The predicted molar refractivity (Wildman–Crippen MR) is 71.2 cm³/mol. The molecular formula is C14H9ClFNO2. The molecule has 1 N–H and O–H groups in total. The van der Waals surface area contributed by atoms with Crippen molar-refractivity contribution in [2.75, 3.05) is 5.32 Å². The van der Waals surface area contributed by atoms with Gasteiger partial charge in [-0.05, 0) is 42.5 Å². The summed E-state index contributed by atoms with van der Waals surface area (Å²) >= 11 is 5.54. The molecule has 0 radical (unpaired) electrons. The van der Waals surface area contributed by atoms with Gasteiger partial charge in [0.25, 0.3) is 5.91 Å². The Balaban J connectivity index is 2.15. The summed E-state index contributed by atoms with van der Waals surface area (Å²) in [6, 6.07) is 10.2. The topological polar surface area (TPSA) is 46.2 Å². The molecule has 0 atom stereocenters. The van der Waals surface area contributed by atoms with Crippen LogP contribution in [0, 0.1) is 5.82 Å². The lowest BCUT2D eigenvalue weighted by Gasteiger charge is -2.06. The van der Waals surface area contributed by atoms with E-state index in [1.54, 1.807) is 24.3 Å². The van der Waals surface area contributed by atoms with Gasteiger partial charge in [0.1, 0.15) is 12.1 Å². The molecule has 3 nitrogen and oxygen atoms in total. The Morgan fingerprint density at radius 1 is 1.16 bits per heavy atom. The van der Waals surface area contributed by atoms with E-state index in [4.69, 9.17) is 11.6 Å². The second kappa shape index (κ2) is 5.63. The minimum absolute atomic E-state index is 0.0353. The number of nitrogens with one attached hydrogen (secondary N) is 1. The van der Waals surface area contributed by atoms with Crippen LogP contribution in [0.3, 0.4) is 0 Å². The lowest BCUT2D eigenvalue weighted by atomic mass is 10.2. The van der Waals surface area contributed by atoms with Gasteiger partial charge in [-0.25, -0.2) is 4.39 Å². The first kappa shape index (κ1) is 13.2. The summed E-state index contributed by atoms with van der Waals surface area (Å²) in [6.07, 6.45) is 0.709. The number of carbonyl (C=O) groups is 2. The molecule has 2 rings (SSSR count). The van der Waals surface area contributed by atoms with Crippen LogP contribution in [0.1, 0.15) is 20.7 Å². The Kier molecular flexibility index (Phi) is 3.92. The number of carbonyl (C=O) groups excluding carboxylic acids is 2. The maximum Gasteiger partial charge on any atom is 0.255 e. The first-order chi connectivity index (χ1) is 9.10. The highest BCUT2D eigenvalue weighted by molar-refractivity contribution is 6.30. The maximum absolute atomic E-state index is 13.2. The number of aldehydes is 1. The fourth-order valence-electron chi connectivity index (χ4n) is 1.49. The first-order valence-corrected chi connectivity index (χ1v) is 5.79. The highest BCUT2D eigenvalue weighted by Crippen LogP contribution is 2.17. The van der Waals surface area contributed by atoms with Crippen LogP contribution in [-0.4, -0.2) is 12.2 Å². The van der Waals surface area contributed by atoms with Crippen LogP contribution in [-0.2, 0) is 0 Å². The molecule has 0 heterocycles. The number of hydrogen-bond donors (Lipinski definition) is 1. The smallest absolute Gasteiger partial charge is 0.255 e. The van der Waals surface area contributed by atoms with E-state index in [0.29, 0.717) is 17.5 Å². The summed E-state index contributed by atoms with van der Waals surface area (Å²) in [7, 11) is 0. The highest BCUT2D eigenvalue weighted by Gasteiger charge is 2.09. The molecule has 0 spiro atoms. The van der Waals surface area contributed by atoms with Gasteiger partial charge < -0.3 is 5.32 Å². The fraction of sp³-hybridized carbons (Fsp3) is 0. The largest absolute Gasteiger partial charge is 0.322 e. The van der Waals surface area contributed by atoms with Gasteiger partial charge in [-0.1, -0.05) is 11.6 Å². The molecule has 0 aliphatic carbocycles. The van der Waals surface area contributed by atoms with Crippen molar-refractivity contribution in [1.82, 2.24) is 0 Å². The molecule has 19 heavy (non-hydrogen) atoms. The average Bonchev–Trinajstić information content (AvgIpc) is 2.42. The lowest BCUT2D eigenvalue weighted by molar-refractivity contribution is 0.102. The van der Waals surface area contributed by atoms with E-state index in [1.165, 1.54) is 12.1 Å². The van der Waals surface area contributed by atoms with Gasteiger partial charge in [-0.3, -0.25) is 9.59 Å². The van der Waals surface area contributed by atoms with Crippen LogP contribution in [0.15, 0.2) is 42.5 Å². The van der Waals surface area contributed by atoms with Crippen LogP contribution >= 0.6 is 11.6 Å². The van der Waals surface area contributed by atoms with E-state index < -0.39 is 11.7 Å². The molecule has 0 fully saturated rings. The van der Waals surface area contributed by atoms with Crippen molar-refractivity contribution < 1.29 is 14.0 Å². The third-order valence-electron chi connectivity index (χ3n) is 2.49. The summed E-state index contributed by atoms with van der Waals surface area (Å²) in [4.78, 5) is 22.3. The van der Waals surface area contributed by atoms with E-state index >= 15 is 0 Å². The molecule has 0 saturated carbocycles. The first-order valence-electron chi connectivity index (χ1n) is 5.42. The van der Waals surface area contributed by atoms with Gasteiger partial charge in [-0.2, -0.15) is 0 Å².